The van der Waals surface area contributed by atoms with Gasteiger partial charge in [-0.1, -0.05) is 72.6 Å². The Morgan fingerprint density at radius 3 is 2.33 bits per heavy atom. The van der Waals surface area contributed by atoms with Crippen molar-refractivity contribution in [3.8, 4) is 5.75 Å². The fourth-order valence-electron chi connectivity index (χ4n) is 8.92. The van der Waals surface area contributed by atoms with Crippen LogP contribution in [-0.2, 0) is 25.6 Å². The second-order valence-corrected chi connectivity index (χ2v) is 13.9. The SMILES string of the molecule is CCc1ccc(N2C(=O)C3CC=C4C(CC5C(=O)N(c6ccc(F)c(Cl)c6)C(=O)C5(C)C4c4c(O)ccc5ccccc45)C3C2=O)cc1. The van der Waals surface area contributed by atoms with Crippen molar-refractivity contribution in [1.82, 2.24) is 0 Å². The maximum absolute atomic E-state index is 14.7. The molecule has 8 rings (SSSR count). The summed E-state index contributed by atoms with van der Waals surface area (Å²) in [5.74, 6) is -5.91. The molecule has 2 heterocycles. The predicted octanol–water partition coefficient (Wildman–Crippen LogP) is 7.34. The van der Waals surface area contributed by atoms with Crippen LogP contribution < -0.4 is 9.80 Å². The predicted molar refractivity (Wildman–Crippen MR) is 180 cm³/mol. The Kier molecular flexibility index (Phi) is 6.90. The molecule has 2 aliphatic heterocycles. The first kappa shape index (κ1) is 30.5. The lowest BCUT2D eigenvalue weighted by Gasteiger charge is -2.49. The summed E-state index contributed by atoms with van der Waals surface area (Å²) in [6.07, 6.45) is 3.22. The molecule has 7 nitrogen and oxygen atoms in total. The quantitative estimate of drug-likeness (QED) is 0.182. The monoisotopic (exact) mass is 662 g/mol. The van der Waals surface area contributed by atoms with Crippen LogP contribution in [0.2, 0.25) is 5.02 Å². The number of aryl methyl sites for hydroxylation is 1. The van der Waals surface area contributed by atoms with E-state index in [1.807, 2.05) is 49.4 Å². The molecule has 3 fully saturated rings. The first-order chi connectivity index (χ1) is 23.1. The molecule has 48 heavy (non-hydrogen) atoms. The standard InChI is InChI=1S/C39H32ClFN2O5/c1-3-20-8-11-22(12-9-20)42-35(45)26-15-14-25-27(32(26)37(42)47)19-28-36(46)43(23-13-16-30(41)29(40)18-23)38(48)39(28,2)34(25)33-24-7-5-4-6-21(24)10-17-31(33)44/h4-14,16-18,26-28,32,34,44H,3,15,19H2,1-2H3. The summed E-state index contributed by atoms with van der Waals surface area (Å²) in [4.78, 5) is 59.8. The van der Waals surface area contributed by atoms with Crippen molar-refractivity contribution in [2.75, 3.05) is 9.80 Å². The van der Waals surface area contributed by atoms with Gasteiger partial charge in [0.1, 0.15) is 11.6 Å². The lowest BCUT2D eigenvalue weighted by molar-refractivity contribution is -0.131. The van der Waals surface area contributed by atoms with E-state index < -0.39 is 52.6 Å². The van der Waals surface area contributed by atoms with Gasteiger partial charge in [-0.25, -0.2) is 9.29 Å². The molecule has 6 atom stereocenters. The fourth-order valence-corrected chi connectivity index (χ4v) is 9.09. The maximum atomic E-state index is 14.7. The van der Waals surface area contributed by atoms with Gasteiger partial charge in [0.2, 0.25) is 23.6 Å². The van der Waals surface area contributed by atoms with Gasteiger partial charge in [0.05, 0.1) is 39.6 Å². The number of amides is 4. The Balaban J connectivity index is 1.31. The summed E-state index contributed by atoms with van der Waals surface area (Å²) in [5, 5.41) is 12.9. The lowest BCUT2D eigenvalue weighted by atomic mass is 9.51. The summed E-state index contributed by atoms with van der Waals surface area (Å²) >= 11 is 6.12. The van der Waals surface area contributed by atoms with E-state index in [0.29, 0.717) is 11.3 Å². The molecule has 4 amide bonds. The molecule has 0 spiro atoms. The Labute approximate surface area is 281 Å². The Hall–Kier alpha value is -4.82. The van der Waals surface area contributed by atoms with Gasteiger partial charge >= 0.3 is 0 Å². The number of carbonyl (C=O) groups is 4. The third-order valence-corrected chi connectivity index (χ3v) is 11.6. The van der Waals surface area contributed by atoms with Gasteiger partial charge in [-0.2, -0.15) is 0 Å². The van der Waals surface area contributed by atoms with Crippen LogP contribution in [0, 0.1) is 34.9 Å². The van der Waals surface area contributed by atoms with Crippen molar-refractivity contribution in [3.05, 3.63) is 112 Å². The van der Waals surface area contributed by atoms with Gasteiger partial charge < -0.3 is 5.11 Å². The van der Waals surface area contributed by atoms with Crippen LogP contribution >= 0.6 is 11.6 Å². The highest BCUT2D eigenvalue weighted by Crippen LogP contribution is 2.65. The Morgan fingerprint density at radius 1 is 0.875 bits per heavy atom. The highest BCUT2D eigenvalue weighted by Gasteiger charge is 2.68. The van der Waals surface area contributed by atoms with Gasteiger partial charge in [-0.15, -0.1) is 0 Å². The summed E-state index contributed by atoms with van der Waals surface area (Å²) in [6.45, 7) is 3.78. The number of carbonyl (C=O) groups excluding carboxylic acids is 4. The van der Waals surface area contributed by atoms with Crippen LogP contribution in [0.3, 0.4) is 0 Å². The van der Waals surface area contributed by atoms with Gasteiger partial charge in [0.25, 0.3) is 0 Å². The summed E-state index contributed by atoms with van der Waals surface area (Å²) in [5.41, 5.74) is 1.63. The lowest BCUT2D eigenvalue weighted by Crippen LogP contribution is -2.49. The van der Waals surface area contributed by atoms with E-state index >= 15 is 0 Å². The van der Waals surface area contributed by atoms with Crippen molar-refractivity contribution in [1.29, 1.82) is 0 Å². The van der Waals surface area contributed by atoms with Crippen LogP contribution in [0.4, 0.5) is 15.8 Å². The molecule has 0 radical (unpaired) electrons. The number of anilines is 2. The van der Waals surface area contributed by atoms with Gasteiger partial charge in [0, 0.05) is 11.5 Å². The van der Waals surface area contributed by atoms with E-state index in [-0.39, 0.29) is 41.1 Å². The number of halogens is 2. The second kappa shape index (κ2) is 10.9. The molecule has 4 aliphatic rings. The summed E-state index contributed by atoms with van der Waals surface area (Å²) in [6, 6.07) is 22.1. The van der Waals surface area contributed by atoms with Gasteiger partial charge in [0.15, 0.2) is 0 Å². The van der Waals surface area contributed by atoms with Crippen molar-refractivity contribution < 1.29 is 28.7 Å². The topological polar surface area (TPSA) is 95.0 Å². The van der Waals surface area contributed by atoms with E-state index in [2.05, 4.69) is 0 Å². The third-order valence-electron chi connectivity index (χ3n) is 11.3. The highest BCUT2D eigenvalue weighted by molar-refractivity contribution is 6.32. The van der Waals surface area contributed by atoms with Crippen molar-refractivity contribution >= 4 is 57.4 Å². The second-order valence-electron chi connectivity index (χ2n) is 13.5. The summed E-state index contributed by atoms with van der Waals surface area (Å²) in [7, 11) is 0. The Morgan fingerprint density at radius 2 is 1.60 bits per heavy atom. The smallest absolute Gasteiger partial charge is 0.241 e. The zero-order valence-corrected chi connectivity index (χ0v) is 27.1. The minimum Gasteiger partial charge on any atom is -0.508 e. The fraction of sp³-hybridized carbons (Fsp3) is 0.282. The van der Waals surface area contributed by atoms with Crippen LogP contribution in [0.5, 0.6) is 5.75 Å². The Bertz CT molecular complexity index is 2110. The van der Waals surface area contributed by atoms with Crippen LogP contribution in [0.25, 0.3) is 10.8 Å². The molecule has 0 bridgehead atoms. The molecule has 6 unspecified atom stereocenters. The molecule has 2 aliphatic carbocycles. The molecular formula is C39H32ClFN2O5. The number of phenols is 1. The molecule has 242 valence electrons. The third kappa shape index (κ3) is 4.11. The van der Waals surface area contributed by atoms with Crippen LogP contribution in [0.15, 0.2) is 90.5 Å². The van der Waals surface area contributed by atoms with Crippen LogP contribution in [-0.4, -0.2) is 28.7 Å². The normalized spacial score (nSPS) is 28.1. The highest BCUT2D eigenvalue weighted by atomic mass is 35.5. The largest absolute Gasteiger partial charge is 0.508 e. The van der Waals surface area contributed by atoms with Crippen LogP contribution in [0.1, 0.15) is 43.7 Å². The number of aromatic hydroxyl groups is 1. The molecule has 0 aromatic heterocycles. The van der Waals surface area contributed by atoms with Crippen molar-refractivity contribution in [2.45, 2.75) is 39.0 Å². The number of rotatable bonds is 4. The zero-order valence-electron chi connectivity index (χ0n) is 26.3. The number of hydrogen-bond acceptors (Lipinski definition) is 5. The number of nitrogens with zero attached hydrogens (tertiary/aromatic N) is 2. The molecule has 2 saturated heterocycles. The zero-order chi connectivity index (χ0) is 33.6. The minimum atomic E-state index is -1.38. The van der Waals surface area contributed by atoms with E-state index in [0.717, 1.165) is 39.3 Å². The van der Waals surface area contributed by atoms with Gasteiger partial charge in [-0.05, 0) is 84.8 Å². The number of fused-ring (bicyclic) bond motifs is 5. The van der Waals surface area contributed by atoms with Crippen molar-refractivity contribution in [2.24, 2.45) is 29.1 Å². The van der Waals surface area contributed by atoms with E-state index in [9.17, 15) is 28.7 Å². The molecule has 1 saturated carbocycles. The minimum absolute atomic E-state index is 0.0302. The summed E-state index contributed by atoms with van der Waals surface area (Å²) < 4.78 is 14.2. The molecular weight excluding hydrogens is 631 g/mol. The number of hydrogen-bond donors (Lipinski definition) is 1. The first-order valence-electron chi connectivity index (χ1n) is 16.3. The molecule has 4 aromatic carbocycles. The molecule has 9 heteroatoms. The van der Waals surface area contributed by atoms with Gasteiger partial charge in [-0.3, -0.25) is 24.1 Å². The average molecular weight is 663 g/mol. The number of allylic oxidation sites excluding steroid dienone is 2. The first-order valence-corrected chi connectivity index (χ1v) is 16.6. The average Bonchev–Trinajstić information content (AvgIpc) is 3.46. The number of benzene rings is 4. The van der Waals surface area contributed by atoms with Crippen molar-refractivity contribution in [3.63, 3.8) is 0 Å². The van der Waals surface area contributed by atoms with E-state index in [1.165, 1.54) is 17.0 Å². The number of imide groups is 2. The maximum Gasteiger partial charge on any atom is 0.241 e. The molecule has 1 N–H and O–H groups in total. The molecule has 4 aromatic rings. The van der Waals surface area contributed by atoms with E-state index in [1.54, 1.807) is 31.2 Å². The number of phenolic OH excluding ortho intramolecular Hbond substituents is 1. The van der Waals surface area contributed by atoms with E-state index in [4.69, 9.17) is 11.6 Å².